The van der Waals surface area contributed by atoms with Crippen molar-refractivity contribution >= 4 is 23.5 Å². The van der Waals surface area contributed by atoms with E-state index >= 15 is 0 Å². The molecule has 0 unspecified atom stereocenters. The van der Waals surface area contributed by atoms with E-state index in [1.165, 1.54) is 17.1 Å². The summed E-state index contributed by atoms with van der Waals surface area (Å²) in [6.07, 6.45) is 11.7. The van der Waals surface area contributed by atoms with Gasteiger partial charge in [0, 0.05) is 51.0 Å². The number of Topliss-reactive ketones (excluding diaryl/α,β-unsaturated/α-hetero) is 1. The summed E-state index contributed by atoms with van der Waals surface area (Å²) in [5.74, 6) is 0.701. The molecule has 6 nitrogen and oxygen atoms in total. The summed E-state index contributed by atoms with van der Waals surface area (Å²) in [5.41, 5.74) is 0.269. The molecule has 174 valence electrons. The van der Waals surface area contributed by atoms with Crippen LogP contribution in [0.25, 0.3) is 0 Å². The maximum Gasteiger partial charge on any atom is 0.253 e. The molecule has 0 aliphatic carbocycles. The molecule has 2 heterocycles. The van der Waals surface area contributed by atoms with E-state index in [2.05, 4.69) is 20.8 Å². The Bertz CT molecular complexity index is 659. The molecular formula is C25H40N2O4. The number of hydrogen-bond acceptors (Lipinski definition) is 4. The van der Waals surface area contributed by atoms with Gasteiger partial charge in [0.1, 0.15) is 5.78 Å². The predicted octanol–water partition coefficient (Wildman–Crippen LogP) is 4.28. The fourth-order valence-electron chi connectivity index (χ4n) is 4.35. The molecule has 2 aliphatic rings. The van der Waals surface area contributed by atoms with E-state index < -0.39 is 0 Å². The number of rotatable bonds is 13. The Balaban J connectivity index is 1.42. The van der Waals surface area contributed by atoms with Crippen molar-refractivity contribution in [2.24, 2.45) is 11.3 Å². The monoisotopic (exact) mass is 432 g/mol. The molecule has 2 aliphatic heterocycles. The van der Waals surface area contributed by atoms with Crippen LogP contribution in [0.2, 0.25) is 0 Å². The van der Waals surface area contributed by atoms with Crippen molar-refractivity contribution in [1.29, 1.82) is 0 Å². The molecule has 3 amide bonds. The first-order chi connectivity index (χ1) is 14.7. The second kappa shape index (κ2) is 12.2. The summed E-state index contributed by atoms with van der Waals surface area (Å²) >= 11 is 0. The van der Waals surface area contributed by atoms with Crippen LogP contribution in [-0.4, -0.2) is 52.9 Å². The van der Waals surface area contributed by atoms with Crippen LogP contribution in [0, 0.1) is 11.3 Å². The van der Waals surface area contributed by atoms with Crippen molar-refractivity contribution in [3.8, 4) is 0 Å². The third-order valence-electron chi connectivity index (χ3n) is 6.60. The summed E-state index contributed by atoms with van der Waals surface area (Å²) in [6.45, 7) is 9.00. The molecular weight excluding hydrogens is 392 g/mol. The number of hydrogen-bond donors (Lipinski definition) is 0. The lowest BCUT2D eigenvalue weighted by Gasteiger charge is -2.27. The Kier molecular flexibility index (Phi) is 9.92. The van der Waals surface area contributed by atoms with Gasteiger partial charge >= 0.3 is 0 Å². The lowest BCUT2D eigenvalue weighted by molar-refractivity contribution is -0.137. The molecule has 1 atom stereocenters. The third kappa shape index (κ3) is 8.58. The lowest BCUT2D eigenvalue weighted by atomic mass is 9.80. The highest BCUT2D eigenvalue weighted by atomic mass is 16.2. The largest absolute Gasteiger partial charge is 0.342 e. The van der Waals surface area contributed by atoms with Crippen molar-refractivity contribution in [1.82, 2.24) is 9.80 Å². The van der Waals surface area contributed by atoms with E-state index in [1.54, 1.807) is 0 Å². The Morgan fingerprint density at radius 2 is 1.42 bits per heavy atom. The number of likely N-dealkylation sites (tertiary alicyclic amines) is 1. The SMILES string of the molecule is CC(C)(C)[C@H]1CCN(C(=O)CCCCCCC(=O)CCCCCN2C(=O)C=CC2=O)C1. The Labute approximate surface area is 187 Å². The van der Waals surface area contributed by atoms with E-state index in [9.17, 15) is 19.2 Å². The van der Waals surface area contributed by atoms with Gasteiger partial charge in [-0.15, -0.1) is 0 Å². The zero-order valence-corrected chi connectivity index (χ0v) is 19.7. The van der Waals surface area contributed by atoms with Crippen LogP contribution in [0.5, 0.6) is 0 Å². The van der Waals surface area contributed by atoms with E-state index in [4.69, 9.17) is 0 Å². The molecule has 6 heteroatoms. The topological polar surface area (TPSA) is 74.8 Å². The molecule has 0 N–H and O–H groups in total. The second-order valence-corrected chi connectivity index (χ2v) is 10.1. The van der Waals surface area contributed by atoms with Crippen molar-refractivity contribution in [3.05, 3.63) is 12.2 Å². The van der Waals surface area contributed by atoms with E-state index in [0.717, 1.165) is 64.5 Å². The maximum atomic E-state index is 12.4. The fraction of sp³-hybridized carbons (Fsp3) is 0.760. The summed E-state index contributed by atoms with van der Waals surface area (Å²) in [7, 11) is 0. The number of ketones is 1. The fourth-order valence-corrected chi connectivity index (χ4v) is 4.35. The van der Waals surface area contributed by atoms with E-state index in [0.29, 0.717) is 31.7 Å². The number of unbranched alkanes of at least 4 members (excludes halogenated alkanes) is 5. The van der Waals surface area contributed by atoms with Crippen LogP contribution < -0.4 is 0 Å². The number of nitrogens with zero attached hydrogens (tertiary/aromatic N) is 2. The quantitative estimate of drug-likeness (QED) is 0.322. The number of imide groups is 1. The molecule has 1 fully saturated rings. The van der Waals surface area contributed by atoms with Gasteiger partial charge in [-0.2, -0.15) is 0 Å². The molecule has 0 aromatic heterocycles. The Hall–Kier alpha value is -1.98. The molecule has 31 heavy (non-hydrogen) atoms. The van der Waals surface area contributed by atoms with Gasteiger partial charge in [0.05, 0.1) is 0 Å². The summed E-state index contributed by atoms with van der Waals surface area (Å²) in [6, 6.07) is 0. The van der Waals surface area contributed by atoms with Gasteiger partial charge in [-0.3, -0.25) is 24.1 Å². The maximum absolute atomic E-state index is 12.4. The predicted molar refractivity (Wildman–Crippen MR) is 121 cm³/mol. The molecule has 0 saturated carbocycles. The summed E-state index contributed by atoms with van der Waals surface area (Å²) in [4.78, 5) is 50.6. The minimum absolute atomic E-state index is 0.239. The molecule has 0 aromatic rings. The van der Waals surface area contributed by atoms with Crippen LogP contribution >= 0.6 is 0 Å². The number of carbonyl (C=O) groups is 4. The highest BCUT2D eigenvalue weighted by Crippen LogP contribution is 2.33. The van der Waals surface area contributed by atoms with Crippen LogP contribution in [0.15, 0.2) is 12.2 Å². The number of carbonyl (C=O) groups excluding carboxylic acids is 4. The minimum Gasteiger partial charge on any atom is -0.342 e. The van der Waals surface area contributed by atoms with Gasteiger partial charge in [0.15, 0.2) is 0 Å². The molecule has 0 bridgehead atoms. The zero-order valence-electron chi connectivity index (χ0n) is 19.7. The Morgan fingerprint density at radius 1 is 0.871 bits per heavy atom. The summed E-state index contributed by atoms with van der Waals surface area (Å²) < 4.78 is 0. The highest BCUT2D eigenvalue weighted by molar-refractivity contribution is 6.12. The molecule has 2 rings (SSSR count). The average molecular weight is 433 g/mol. The van der Waals surface area contributed by atoms with Crippen LogP contribution in [0.1, 0.15) is 91.4 Å². The lowest BCUT2D eigenvalue weighted by Crippen LogP contribution is -2.30. The van der Waals surface area contributed by atoms with E-state index in [1.807, 2.05) is 4.90 Å². The van der Waals surface area contributed by atoms with Crippen LogP contribution in [-0.2, 0) is 19.2 Å². The second-order valence-electron chi connectivity index (χ2n) is 10.1. The zero-order chi connectivity index (χ0) is 22.9. The van der Waals surface area contributed by atoms with Gasteiger partial charge in [0.2, 0.25) is 5.91 Å². The highest BCUT2D eigenvalue weighted by Gasteiger charge is 2.33. The average Bonchev–Trinajstić information content (AvgIpc) is 3.32. The first-order valence-electron chi connectivity index (χ1n) is 12.0. The van der Waals surface area contributed by atoms with Gasteiger partial charge in [0.25, 0.3) is 11.8 Å². The smallest absolute Gasteiger partial charge is 0.253 e. The molecule has 0 radical (unpaired) electrons. The van der Waals surface area contributed by atoms with Crippen molar-refractivity contribution in [2.75, 3.05) is 19.6 Å². The van der Waals surface area contributed by atoms with Crippen LogP contribution in [0.3, 0.4) is 0 Å². The van der Waals surface area contributed by atoms with Crippen LogP contribution in [0.4, 0.5) is 0 Å². The summed E-state index contributed by atoms with van der Waals surface area (Å²) in [5, 5.41) is 0. The van der Waals surface area contributed by atoms with Gasteiger partial charge in [-0.25, -0.2) is 0 Å². The first-order valence-corrected chi connectivity index (χ1v) is 12.0. The third-order valence-corrected chi connectivity index (χ3v) is 6.60. The van der Waals surface area contributed by atoms with Gasteiger partial charge < -0.3 is 4.90 Å². The van der Waals surface area contributed by atoms with E-state index in [-0.39, 0.29) is 28.9 Å². The number of amides is 3. The van der Waals surface area contributed by atoms with Gasteiger partial charge in [-0.1, -0.05) is 40.0 Å². The van der Waals surface area contributed by atoms with Crippen molar-refractivity contribution < 1.29 is 19.2 Å². The normalized spacial score (nSPS) is 19.0. The van der Waals surface area contributed by atoms with Crippen molar-refractivity contribution in [2.45, 2.75) is 91.4 Å². The van der Waals surface area contributed by atoms with Gasteiger partial charge in [-0.05, 0) is 43.4 Å². The molecule has 0 spiro atoms. The molecule has 1 saturated heterocycles. The molecule has 0 aromatic carbocycles. The minimum atomic E-state index is -0.239. The first kappa shape index (κ1) is 25.3. The van der Waals surface area contributed by atoms with Crippen molar-refractivity contribution in [3.63, 3.8) is 0 Å². The standard InChI is InChI=1S/C25H40N2O4/c1-25(2,3)20-16-18-26(19-20)22(29)13-9-5-4-7-11-21(28)12-8-6-10-17-27-23(30)14-15-24(27)31/h14-15,20H,4-13,16-19H2,1-3H3/t20-/m0/s1. The Morgan fingerprint density at radius 3 is 1.97 bits per heavy atom.